The van der Waals surface area contributed by atoms with E-state index in [1.54, 1.807) is 12.1 Å². The Balaban J connectivity index is 0.590. The maximum absolute atomic E-state index is 11.4. The molecular formula is C79H100N4O12. The van der Waals surface area contributed by atoms with Gasteiger partial charge in [-0.3, -0.25) is 0 Å². The molecule has 2 aromatic carbocycles. The molecule has 4 aliphatic heterocycles. The fourth-order valence-corrected chi connectivity index (χ4v) is 28.5. The second kappa shape index (κ2) is 19.8. The van der Waals surface area contributed by atoms with Gasteiger partial charge in [0.25, 0.3) is 0 Å². The Morgan fingerprint density at radius 1 is 0.295 bits per heavy atom. The van der Waals surface area contributed by atoms with Gasteiger partial charge in [-0.05, 0) is 222 Å². The number of hydrogen-bond donors (Lipinski definition) is 4. The molecule has 4 N–H and O–H groups in total. The van der Waals surface area contributed by atoms with Gasteiger partial charge in [-0.2, -0.15) is 21.0 Å². The van der Waals surface area contributed by atoms with Crippen molar-refractivity contribution in [2.45, 2.75) is 292 Å². The average molecular weight is 1300 g/mol. The van der Waals surface area contributed by atoms with Gasteiger partial charge in [0.05, 0.1) is 73.1 Å². The number of rotatable bonds is 0. The molecule has 0 bridgehead atoms. The van der Waals surface area contributed by atoms with Crippen LogP contribution in [0.15, 0.2) is 24.3 Å². The van der Waals surface area contributed by atoms with E-state index in [1.807, 2.05) is 12.1 Å². The van der Waals surface area contributed by atoms with Crippen LogP contribution in [0.2, 0.25) is 0 Å². The molecule has 10 saturated carbocycles. The summed E-state index contributed by atoms with van der Waals surface area (Å²) in [4.78, 5) is 0. The number of benzene rings is 2. The molecule has 12 aliphatic carbocycles. The molecule has 16 nitrogen and oxygen atoms in total. The molecule has 0 aromatic heterocycles. The number of nitrogens with zero attached hydrogens (tertiary/aromatic N) is 4. The number of nitriles is 4. The topological polar surface area (TPSA) is 250 Å². The van der Waals surface area contributed by atoms with Crippen LogP contribution in [0.5, 0.6) is 23.0 Å². The zero-order valence-electron chi connectivity index (χ0n) is 57.7. The summed E-state index contributed by atoms with van der Waals surface area (Å²) in [6, 6.07) is 17.9. The van der Waals surface area contributed by atoms with Crippen molar-refractivity contribution in [1.82, 2.24) is 0 Å². The lowest BCUT2D eigenvalue weighted by molar-refractivity contribution is -0.335. The second-order valence-electron chi connectivity index (χ2n) is 38.6. The van der Waals surface area contributed by atoms with E-state index in [0.717, 1.165) is 112 Å². The fourth-order valence-electron chi connectivity index (χ4n) is 28.5. The summed E-state index contributed by atoms with van der Waals surface area (Å²) in [5.74, 6) is -0.921. The van der Waals surface area contributed by atoms with E-state index in [4.69, 9.17) is 37.9 Å². The van der Waals surface area contributed by atoms with Crippen molar-refractivity contribution in [2.24, 2.45) is 98.1 Å². The van der Waals surface area contributed by atoms with E-state index in [0.29, 0.717) is 23.7 Å². The van der Waals surface area contributed by atoms with Gasteiger partial charge in [0, 0.05) is 10.8 Å². The first-order valence-corrected chi connectivity index (χ1v) is 36.8. The van der Waals surface area contributed by atoms with Gasteiger partial charge in [-0.1, -0.05) is 83.1 Å². The van der Waals surface area contributed by atoms with Crippen molar-refractivity contribution in [3.63, 3.8) is 0 Å². The lowest BCUT2D eigenvalue weighted by Crippen LogP contribution is -2.70. The van der Waals surface area contributed by atoms with Crippen LogP contribution in [0, 0.1) is 143 Å². The highest BCUT2D eigenvalue weighted by Gasteiger charge is 2.75. The summed E-state index contributed by atoms with van der Waals surface area (Å²) in [6.07, 6.45) is 4.47. The standard InChI is InChI=1S/C79H100N4O12/c1-71(2)29-77(45-15-53(86)51(84)13-39(45)71)31-73(5,6)41-17-55-59(21-47(41)77)92-67-35(25-80)65-69(37(27-82)63(67)88-55)94-61-23-49-43(19-57(61)90-65)75(9,10)33-79(49)34-76(11,12)44-20-58-62(24-50(44)79)95-70-38(28-83)64-68(36(26-81)66(70)91-58)93-60-22-48-42(18-56(60)89-64)74(7,8)32-78(48)30-72(3,4)40-14-52(85)54(87)16-46(40)78/h13-16,35-38,41-44,47-50,55-70,84-87H,17-24,29-34H2,1-12H3. The normalized spacial score (nSPS) is 52.0. The molecule has 16 heteroatoms. The number of hydrogen-bond acceptors (Lipinski definition) is 16. The molecule has 16 aliphatic rings. The molecule has 4 saturated heterocycles. The van der Waals surface area contributed by atoms with Gasteiger partial charge in [-0.25, -0.2) is 0 Å². The second-order valence-corrected chi connectivity index (χ2v) is 38.6. The van der Waals surface area contributed by atoms with Gasteiger partial charge in [0.1, 0.15) is 72.5 Å². The summed E-state index contributed by atoms with van der Waals surface area (Å²) in [5, 5.41) is 88.9. The highest BCUT2D eigenvalue weighted by atomic mass is 16.6. The van der Waals surface area contributed by atoms with E-state index < -0.39 is 72.5 Å². The van der Waals surface area contributed by atoms with Crippen LogP contribution in [-0.2, 0) is 59.6 Å². The van der Waals surface area contributed by atoms with Crippen LogP contribution in [0.4, 0.5) is 0 Å². The summed E-state index contributed by atoms with van der Waals surface area (Å²) >= 11 is 0. The monoisotopic (exact) mass is 1300 g/mol. The minimum Gasteiger partial charge on any atom is -0.504 e. The average Bonchev–Trinajstić information content (AvgIpc) is 1.53. The van der Waals surface area contributed by atoms with Gasteiger partial charge >= 0.3 is 0 Å². The summed E-state index contributed by atoms with van der Waals surface area (Å²) < 4.78 is 58.8. The van der Waals surface area contributed by atoms with Crippen LogP contribution in [0.1, 0.15) is 195 Å². The number of fused-ring (bicyclic) bond motifs is 20. The maximum atomic E-state index is 11.4. The number of phenols is 4. The molecule has 508 valence electrons. The molecule has 30 atom stereocenters. The van der Waals surface area contributed by atoms with Gasteiger partial charge < -0.3 is 58.3 Å². The maximum Gasteiger partial charge on any atom is 0.157 e. The lowest BCUT2D eigenvalue weighted by atomic mass is 9.59. The first kappa shape index (κ1) is 62.5. The zero-order valence-corrected chi connectivity index (χ0v) is 57.7. The number of aromatic hydroxyl groups is 4. The van der Waals surface area contributed by atoms with Gasteiger partial charge in [0.15, 0.2) is 23.0 Å². The molecule has 30 unspecified atom stereocenters. The van der Waals surface area contributed by atoms with E-state index in [2.05, 4.69) is 107 Å². The molecule has 4 heterocycles. The van der Waals surface area contributed by atoms with Gasteiger partial charge in [0.2, 0.25) is 0 Å². The summed E-state index contributed by atoms with van der Waals surface area (Å²) in [6.45, 7) is 28.3. The Kier molecular flexibility index (Phi) is 13.1. The Morgan fingerprint density at radius 2 is 0.505 bits per heavy atom. The predicted octanol–water partition coefficient (Wildman–Crippen LogP) is 12.5. The molecule has 0 amide bonds. The summed E-state index contributed by atoms with van der Waals surface area (Å²) in [7, 11) is 0. The van der Waals surface area contributed by atoms with Crippen LogP contribution in [0.25, 0.3) is 0 Å². The third kappa shape index (κ3) is 8.24. The minimum absolute atomic E-state index is 0.0400. The van der Waals surface area contributed by atoms with Crippen molar-refractivity contribution in [3.05, 3.63) is 46.5 Å². The van der Waals surface area contributed by atoms with E-state index in [9.17, 15) is 41.5 Å². The van der Waals surface area contributed by atoms with E-state index in [1.165, 1.54) is 0 Å². The van der Waals surface area contributed by atoms with Crippen LogP contribution >= 0.6 is 0 Å². The van der Waals surface area contributed by atoms with Gasteiger partial charge in [-0.15, -0.1) is 0 Å². The lowest BCUT2D eigenvalue weighted by Gasteiger charge is -2.59. The third-order valence-electron chi connectivity index (χ3n) is 31.2. The number of ether oxygens (including phenoxy) is 8. The molecule has 2 aromatic rings. The van der Waals surface area contributed by atoms with E-state index in [-0.39, 0.29) is 144 Å². The Labute approximate surface area is 561 Å². The molecule has 14 fully saturated rings. The van der Waals surface area contributed by atoms with Crippen molar-refractivity contribution in [1.29, 1.82) is 21.0 Å². The smallest absolute Gasteiger partial charge is 0.157 e. The van der Waals surface area contributed by atoms with Crippen molar-refractivity contribution in [3.8, 4) is 47.3 Å². The highest BCUT2D eigenvalue weighted by Crippen LogP contribution is 2.77. The highest BCUT2D eigenvalue weighted by molar-refractivity contribution is 5.57. The zero-order chi connectivity index (χ0) is 66.5. The Bertz CT molecular complexity index is 3520. The van der Waals surface area contributed by atoms with Crippen LogP contribution in [-0.4, -0.2) is 118 Å². The number of phenolic OH excluding ortho intramolecular Hbond substituents is 4. The molecule has 0 radical (unpaired) electrons. The Hall–Kier alpha value is -4.72. The van der Waals surface area contributed by atoms with Crippen molar-refractivity contribution < 1.29 is 58.3 Å². The quantitative estimate of drug-likeness (QED) is 0.179. The van der Waals surface area contributed by atoms with E-state index >= 15 is 0 Å². The first-order valence-electron chi connectivity index (χ1n) is 36.8. The van der Waals surface area contributed by atoms with Crippen molar-refractivity contribution in [2.75, 3.05) is 0 Å². The molecular weight excluding hydrogens is 1200 g/mol. The first-order chi connectivity index (χ1) is 44.8. The molecule has 95 heavy (non-hydrogen) atoms. The largest absolute Gasteiger partial charge is 0.504 e. The SMILES string of the molecule is CC1(C)CC2(CC(C)(C)C3CC4OC5C(C#N)C6OC7CC8C(CC7OC6C(C#N)C5OC4CC32)C(C)(C)CC82CC(C)(C)C3CC4OC5C(C#N)C6OC7CC8C(CC7OC6C(C#N)C5OC4CC32)C(C)(C)CC82CC(C)(C)c3cc(O)c(O)cc32)c2cc(O)c(O)cc21. The summed E-state index contributed by atoms with van der Waals surface area (Å²) in [5.41, 5.74) is 3.31. The molecule has 3 spiro atoms. The van der Waals surface area contributed by atoms with Crippen molar-refractivity contribution >= 4 is 0 Å². The Morgan fingerprint density at radius 3 is 0.758 bits per heavy atom. The van der Waals surface area contributed by atoms with Crippen LogP contribution in [0.3, 0.4) is 0 Å². The minimum atomic E-state index is -0.710. The predicted molar refractivity (Wildman–Crippen MR) is 345 cm³/mol. The van der Waals surface area contributed by atoms with Crippen LogP contribution < -0.4 is 0 Å². The fraction of sp³-hybridized carbons (Fsp3) is 0.797. The third-order valence-corrected chi connectivity index (χ3v) is 31.2. The molecule has 18 rings (SSSR count).